The molecule has 8 nitrogen and oxygen atoms in total. The molecular formula is C22H20N4O4S. The first kappa shape index (κ1) is 20.7. The molecule has 0 fully saturated rings. The molecule has 0 saturated heterocycles. The minimum atomic E-state index is -3.65. The zero-order chi connectivity index (χ0) is 21.8. The minimum absolute atomic E-state index is 0.187. The number of aromatic amines is 1. The van der Waals surface area contributed by atoms with Gasteiger partial charge in [-0.1, -0.05) is 24.3 Å². The molecule has 9 heteroatoms. The number of methoxy groups -OCH3 is 1. The molecule has 0 aliphatic heterocycles. The van der Waals surface area contributed by atoms with Gasteiger partial charge in [-0.2, -0.15) is 5.10 Å². The van der Waals surface area contributed by atoms with E-state index in [1.165, 1.54) is 6.20 Å². The van der Waals surface area contributed by atoms with Gasteiger partial charge in [0.05, 0.1) is 28.2 Å². The van der Waals surface area contributed by atoms with Crippen LogP contribution in [-0.2, 0) is 27.7 Å². The molecule has 158 valence electrons. The number of carbonyl (C=O) groups is 1. The number of pyridine rings is 1. The number of ether oxygens (including phenoxy) is 1. The molecule has 0 saturated carbocycles. The largest absolute Gasteiger partial charge is 0.380 e. The predicted molar refractivity (Wildman–Crippen MR) is 114 cm³/mol. The number of H-pyrrole nitrogens is 1. The van der Waals surface area contributed by atoms with Crippen molar-refractivity contribution in [2.24, 2.45) is 0 Å². The smallest absolute Gasteiger partial charge is 0.253 e. The Labute approximate surface area is 179 Å². The van der Waals surface area contributed by atoms with E-state index in [1.54, 1.807) is 61.8 Å². The van der Waals surface area contributed by atoms with Crippen LogP contribution in [0.25, 0.3) is 11.0 Å². The zero-order valence-corrected chi connectivity index (χ0v) is 17.5. The second kappa shape index (κ2) is 8.66. The van der Waals surface area contributed by atoms with Crippen LogP contribution in [0.4, 0.5) is 0 Å². The average molecular weight is 436 g/mol. The third-order valence-corrected chi connectivity index (χ3v) is 6.53. The highest BCUT2D eigenvalue weighted by Gasteiger charge is 2.18. The number of sulfone groups is 1. The Balaban J connectivity index is 1.45. The Kier molecular flexibility index (Phi) is 5.79. The van der Waals surface area contributed by atoms with Gasteiger partial charge in [0.15, 0.2) is 5.65 Å². The number of amides is 1. The third kappa shape index (κ3) is 4.47. The van der Waals surface area contributed by atoms with Gasteiger partial charge in [-0.3, -0.25) is 9.89 Å². The molecule has 2 heterocycles. The van der Waals surface area contributed by atoms with E-state index < -0.39 is 9.84 Å². The number of nitrogens with zero attached hydrogens (tertiary/aromatic N) is 2. The summed E-state index contributed by atoms with van der Waals surface area (Å²) < 4.78 is 30.9. The summed E-state index contributed by atoms with van der Waals surface area (Å²) in [7, 11) is -2.09. The lowest BCUT2D eigenvalue weighted by Crippen LogP contribution is -2.22. The fourth-order valence-corrected chi connectivity index (χ4v) is 4.47. The van der Waals surface area contributed by atoms with Crippen molar-refractivity contribution in [3.8, 4) is 0 Å². The van der Waals surface area contributed by atoms with Crippen molar-refractivity contribution in [3.63, 3.8) is 0 Å². The van der Waals surface area contributed by atoms with E-state index in [0.717, 1.165) is 16.5 Å². The standard InChI is InChI=1S/C22H20N4O4S/c1-30-14-16-3-2-4-20(9-16)31(28,29)19-7-5-15(6-8-19)11-24-22(27)18-10-17-13-25-26-21(17)23-12-18/h2-10,12-13H,11,14H2,1H3,(H,24,27)(H,23,25,26). The summed E-state index contributed by atoms with van der Waals surface area (Å²) in [6, 6.07) is 14.8. The molecule has 0 radical (unpaired) electrons. The van der Waals surface area contributed by atoms with E-state index in [1.807, 2.05) is 6.07 Å². The quantitative estimate of drug-likeness (QED) is 0.460. The van der Waals surface area contributed by atoms with Gasteiger partial charge >= 0.3 is 0 Å². The molecule has 4 rings (SSSR count). The number of carbonyl (C=O) groups excluding carboxylic acids is 1. The summed E-state index contributed by atoms with van der Waals surface area (Å²) in [5.74, 6) is -0.276. The Morgan fingerprint density at radius 2 is 1.84 bits per heavy atom. The summed E-state index contributed by atoms with van der Waals surface area (Å²) >= 11 is 0. The van der Waals surface area contributed by atoms with Gasteiger partial charge in [0.2, 0.25) is 9.84 Å². The Morgan fingerprint density at radius 3 is 2.61 bits per heavy atom. The van der Waals surface area contributed by atoms with Crippen LogP contribution in [0.3, 0.4) is 0 Å². The summed E-state index contributed by atoms with van der Waals surface area (Å²) in [5, 5.41) is 10.2. The molecule has 0 spiro atoms. The molecular weight excluding hydrogens is 416 g/mol. The van der Waals surface area contributed by atoms with Gasteiger partial charge in [0, 0.05) is 25.2 Å². The van der Waals surface area contributed by atoms with Gasteiger partial charge in [-0.15, -0.1) is 0 Å². The van der Waals surface area contributed by atoms with Gasteiger partial charge in [0.1, 0.15) is 0 Å². The maximum atomic E-state index is 12.9. The molecule has 1 amide bonds. The van der Waals surface area contributed by atoms with E-state index in [0.29, 0.717) is 17.8 Å². The van der Waals surface area contributed by atoms with Crippen LogP contribution in [-0.4, -0.2) is 36.6 Å². The van der Waals surface area contributed by atoms with Crippen molar-refractivity contribution in [1.82, 2.24) is 20.5 Å². The van der Waals surface area contributed by atoms with E-state index in [4.69, 9.17) is 4.74 Å². The molecule has 2 aromatic carbocycles. The van der Waals surface area contributed by atoms with Crippen molar-refractivity contribution in [2.75, 3.05) is 7.11 Å². The zero-order valence-electron chi connectivity index (χ0n) is 16.7. The second-order valence-electron chi connectivity index (χ2n) is 6.94. The Bertz CT molecular complexity index is 1330. The van der Waals surface area contributed by atoms with Crippen molar-refractivity contribution in [3.05, 3.63) is 83.7 Å². The maximum absolute atomic E-state index is 12.9. The number of hydrogen-bond acceptors (Lipinski definition) is 6. The lowest BCUT2D eigenvalue weighted by atomic mass is 10.2. The van der Waals surface area contributed by atoms with Crippen molar-refractivity contribution >= 4 is 26.8 Å². The number of fused-ring (bicyclic) bond motifs is 1. The van der Waals surface area contributed by atoms with Crippen LogP contribution in [0.15, 0.2) is 76.8 Å². The van der Waals surface area contributed by atoms with Gasteiger partial charge in [-0.05, 0) is 41.5 Å². The first-order chi connectivity index (χ1) is 15.0. The molecule has 2 aromatic heterocycles. The van der Waals surface area contributed by atoms with Crippen LogP contribution < -0.4 is 5.32 Å². The summed E-state index contributed by atoms with van der Waals surface area (Å²) in [6.07, 6.45) is 3.08. The summed E-state index contributed by atoms with van der Waals surface area (Å²) in [5.41, 5.74) is 2.59. The normalized spacial score (nSPS) is 11.5. The fourth-order valence-electron chi connectivity index (χ4n) is 3.14. The molecule has 0 aliphatic carbocycles. The molecule has 0 bridgehead atoms. The average Bonchev–Trinajstić information content (AvgIpc) is 3.26. The van der Waals surface area contributed by atoms with Gasteiger partial charge in [0.25, 0.3) is 5.91 Å². The van der Waals surface area contributed by atoms with Crippen molar-refractivity contribution < 1.29 is 17.9 Å². The predicted octanol–water partition coefficient (Wildman–Crippen LogP) is 2.87. The van der Waals surface area contributed by atoms with Crippen molar-refractivity contribution in [2.45, 2.75) is 22.9 Å². The topological polar surface area (TPSA) is 114 Å². The summed E-state index contributed by atoms with van der Waals surface area (Å²) in [4.78, 5) is 16.9. The molecule has 0 unspecified atom stereocenters. The van der Waals surface area contributed by atoms with Crippen LogP contribution in [0.1, 0.15) is 21.5 Å². The monoisotopic (exact) mass is 436 g/mol. The van der Waals surface area contributed by atoms with E-state index >= 15 is 0 Å². The molecule has 0 atom stereocenters. The van der Waals surface area contributed by atoms with Gasteiger partial charge < -0.3 is 10.1 Å². The number of hydrogen-bond donors (Lipinski definition) is 2. The first-order valence-corrected chi connectivity index (χ1v) is 10.9. The Hall–Kier alpha value is -3.56. The van der Waals surface area contributed by atoms with Crippen LogP contribution in [0, 0.1) is 0 Å². The Morgan fingerprint density at radius 1 is 1.03 bits per heavy atom. The van der Waals surface area contributed by atoms with Crippen LogP contribution in [0.5, 0.6) is 0 Å². The van der Waals surface area contributed by atoms with E-state index in [9.17, 15) is 13.2 Å². The van der Waals surface area contributed by atoms with E-state index in [-0.39, 0.29) is 22.2 Å². The highest BCUT2D eigenvalue weighted by molar-refractivity contribution is 7.91. The number of rotatable bonds is 7. The number of aromatic nitrogens is 3. The molecule has 0 aliphatic rings. The fraction of sp³-hybridized carbons (Fsp3) is 0.136. The SMILES string of the molecule is COCc1cccc(S(=O)(=O)c2ccc(CNC(=O)c3cnc4[nH]ncc4c3)cc2)c1. The maximum Gasteiger partial charge on any atom is 0.253 e. The van der Waals surface area contributed by atoms with Crippen molar-refractivity contribution in [1.29, 1.82) is 0 Å². The molecule has 4 aromatic rings. The number of nitrogens with one attached hydrogen (secondary N) is 2. The van der Waals surface area contributed by atoms with Crippen LogP contribution >= 0.6 is 0 Å². The summed E-state index contributed by atoms with van der Waals surface area (Å²) in [6.45, 7) is 0.594. The highest BCUT2D eigenvalue weighted by Crippen LogP contribution is 2.22. The third-order valence-electron chi connectivity index (χ3n) is 4.76. The van der Waals surface area contributed by atoms with Crippen LogP contribution in [0.2, 0.25) is 0 Å². The highest BCUT2D eigenvalue weighted by atomic mass is 32.2. The minimum Gasteiger partial charge on any atom is -0.380 e. The van der Waals surface area contributed by atoms with E-state index in [2.05, 4.69) is 20.5 Å². The molecule has 31 heavy (non-hydrogen) atoms. The first-order valence-electron chi connectivity index (χ1n) is 9.46. The lowest BCUT2D eigenvalue weighted by molar-refractivity contribution is 0.0950. The number of benzene rings is 2. The lowest BCUT2D eigenvalue weighted by Gasteiger charge is -2.09. The molecule has 2 N–H and O–H groups in total. The van der Waals surface area contributed by atoms with Gasteiger partial charge in [-0.25, -0.2) is 13.4 Å². The second-order valence-corrected chi connectivity index (χ2v) is 8.89.